The van der Waals surface area contributed by atoms with Crippen LogP contribution in [0.25, 0.3) is 0 Å². The molecule has 0 aliphatic rings. The zero-order valence-electron chi connectivity index (χ0n) is 10.5. The lowest BCUT2D eigenvalue weighted by atomic mass is 10.3. The van der Waals surface area contributed by atoms with E-state index in [1.54, 1.807) is 4.90 Å². The molecule has 0 fully saturated rings. The SMILES string of the molecule is CCNCC(=O)NCCC(=O)N(CC)CC. The zero-order chi connectivity index (χ0) is 12.4. The van der Waals surface area contributed by atoms with Gasteiger partial charge in [0.15, 0.2) is 0 Å². The van der Waals surface area contributed by atoms with Crippen molar-refractivity contribution in [2.75, 3.05) is 32.7 Å². The lowest BCUT2D eigenvalue weighted by Crippen LogP contribution is -2.37. The van der Waals surface area contributed by atoms with Crippen molar-refractivity contribution in [1.82, 2.24) is 15.5 Å². The third kappa shape index (κ3) is 6.40. The maximum Gasteiger partial charge on any atom is 0.233 e. The highest BCUT2D eigenvalue weighted by atomic mass is 16.2. The van der Waals surface area contributed by atoms with Gasteiger partial charge in [-0.3, -0.25) is 9.59 Å². The third-order valence-corrected chi connectivity index (χ3v) is 2.31. The molecule has 0 bridgehead atoms. The van der Waals surface area contributed by atoms with Crippen molar-refractivity contribution >= 4 is 11.8 Å². The molecule has 0 aliphatic carbocycles. The molecule has 0 radical (unpaired) electrons. The molecule has 0 spiro atoms. The molecule has 2 N–H and O–H groups in total. The van der Waals surface area contributed by atoms with Crippen LogP contribution in [-0.4, -0.2) is 49.4 Å². The Morgan fingerprint density at radius 3 is 2.25 bits per heavy atom. The summed E-state index contributed by atoms with van der Waals surface area (Å²) in [6.45, 7) is 8.79. The number of carbonyl (C=O) groups excluding carboxylic acids is 2. The van der Waals surface area contributed by atoms with Crippen LogP contribution in [-0.2, 0) is 9.59 Å². The number of likely N-dealkylation sites (N-methyl/N-ethyl adjacent to an activating group) is 1. The summed E-state index contributed by atoms with van der Waals surface area (Å²) in [6, 6.07) is 0. The number of nitrogens with zero attached hydrogens (tertiary/aromatic N) is 1. The van der Waals surface area contributed by atoms with Gasteiger partial charge in [-0.25, -0.2) is 0 Å². The fourth-order valence-electron chi connectivity index (χ4n) is 1.34. The molecule has 0 rings (SSSR count). The minimum atomic E-state index is -0.0609. The predicted molar refractivity (Wildman–Crippen MR) is 64.1 cm³/mol. The van der Waals surface area contributed by atoms with Crippen LogP contribution in [0.4, 0.5) is 0 Å². The average molecular weight is 229 g/mol. The fourth-order valence-corrected chi connectivity index (χ4v) is 1.34. The molecule has 0 aromatic carbocycles. The molecule has 0 aromatic heterocycles. The van der Waals surface area contributed by atoms with Crippen LogP contribution >= 0.6 is 0 Å². The van der Waals surface area contributed by atoms with Crippen molar-refractivity contribution in [1.29, 1.82) is 0 Å². The molecular formula is C11H23N3O2. The van der Waals surface area contributed by atoms with E-state index in [2.05, 4.69) is 10.6 Å². The number of carbonyl (C=O) groups is 2. The summed E-state index contributed by atoms with van der Waals surface area (Å²) in [7, 11) is 0. The van der Waals surface area contributed by atoms with Gasteiger partial charge in [0, 0.05) is 26.1 Å². The molecule has 16 heavy (non-hydrogen) atoms. The van der Waals surface area contributed by atoms with Crippen molar-refractivity contribution in [3.63, 3.8) is 0 Å². The highest BCUT2D eigenvalue weighted by Gasteiger charge is 2.09. The van der Waals surface area contributed by atoms with Crippen molar-refractivity contribution in [2.24, 2.45) is 0 Å². The first-order valence-electron chi connectivity index (χ1n) is 5.90. The lowest BCUT2D eigenvalue weighted by molar-refractivity contribution is -0.130. The molecule has 0 saturated carbocycles. The Morgan fingerprint density at radius 1 is 1.12 bits per heavy atom. The van der Waals surface area contributed by atoms with Gasteiger partial charge in [-0.05, 0) is 20.4 Å². The van der Waals surface area contributed by atoms with Crippen molar-refractivity contribution in [3.8, 4) is 0 Å². The van der Waals surface area contributed by atoms with Crippen LogP contribution in [0.2, 0.25) is 0 Å². The second-order valence-corrected chi connectivity index (χ2v) is 3.45. The summed E-state index contributed by atoms with van der Waals surface area (Å²) < 4.78 is 0. The first kappa shape index (κ1) is 14.9. The number of amides is 2. The Kier molecular flexibility index (Phi) is 8.52. The minimum Gasteiger partial charge on any atom is -0.354 e. The van der Waals surface area contributed by atoms with Crippen molar-refractivity contribution in [2.45, 2.75) is 27.2 Å². The van der Waals surface area contributed by atoms with Crippen LogP contribution in [0.1, 0.15) is 27.2 Å². The number of hydrogen-bond donors (Lipinski definition) is 2. The van der Waals surface area contributed by atoms with Crippen LogP contribution in [0.5, 0.6) is 0 Å². The molecule has 0 aliphatic heterocycles. The maximum atomic E-state index is 11.6. The first-order chi connectivity index (χ1) is 7.65. The zero-order valence-corrected chi connectivity index (χ0v) is 10.5. The van der Waals surface area contributed by atoms with Gasteiger partial charge in [0.1, 0.15) is 0 Å². The Hall–Kier alpha value is -1.10. The molecule has 0 heterocycles. The molecule has 0 saturated heterocycles. The topological polar surface area (TPSA) is 61.4 Å². The standard InChI is InChI=1S/C11H23N3O2/c1-4-12-9-10(15)13-8-7-11(16)14(5-2)6-3/h12H,4-9H2,1-3H3,(H,13,15). The summed E-state index contributed by atoms with van der Waals surface area (Å²) in [5.74, 6) is 0.0305. The van der Waals surface area contributed by atoms with E-state index in [0.29, 0.717) is 19.5 Å². The van der Waals surface area contributed by atoms with Crippen LogP contribution < -0.4 is 10.6 Å². The van der Waals surface area contributed by atoms with E-state index in [9.17, 15) is 9.59 Å². The van der Waals surface area contributed by atoms with E-state index < -0.39 is 0 Å². The van der Waals surface area contributed by atoms with E-state index in [1.165, 1.54) is 0 Å². The van der Waals surface area contributed by atoms with Gasteiger partial charge < -0.3 is 15.5 Å². The van der Waals surface area contributed by atoms with Crippen LogP contribution in [0, 0.1) is 0 Å². The van der Waals surface area contributed by atoms with Crippen molar-refractivity contribution in [3.05, 3.63) is 0 Å². The third-order valence-electron chi connectivity index (χ3n) is 2.31. The molecular weight excluding hydrogens is 206 g/mol. The van der Waals surface area contributed by atoms with Crippen LogP contribution in [0.15, 0.2) is 0 Å². The summed E-state index contributed by atoms with van der Waals surface area (Å²) >= 11 is 0. The van der Waals surface area contributed by atoms with E-state index >= 15 is 0 Å². The monoisotopic (exact) mass is 229 g/mol. The molecule has 5 heteroatoms. The minimum absolute atomic E-state index is 0.0609. The van der Waals surface area contributed by atoms with Gasteiger partial charge in [0.25, 0.3) is 0 Å². The van der Waals surface area contributed by atoms with E-state index in [-0.39, 0.29) is 11.8 Å². The van der Waals surface area contributed by atoms with E-state index in [0.717, 1.165) is 19.6 Å². The predicted octanol–water partition coefficient (Wildman–Crippen LogP) is -0.0294. The lowest BCUT2D eigenvalue weighted by Gasteiger charge is -2.18. The molecule has 2 amide bonds. The second-order valence-electron chi connectivity index (χ2n) is 3.45. The Bertz CT molecular complexity index is 215. The van der Waals surface area contributed by atoms with Gasteiger partial charge in [0.2, 0.25) is 11.8 Å². The normalized spacial score (nSPS) is 9.94. The summed E-state index contributed by atoms with van der Waals surface area (Å²) in [4.78, 5) is 24.5. The van der Waals surface area contributed by atoms with Gasteiger partial charge in [-0.1, -0.05) is 6.92 Å². The second kappa shape index (κ2) is 9.15. The summed E-state index contributed by atoms with van der Waals surface area (Å²) in [6.07, 6.45) is 0.375. The Balaban J connectivity index is 3.64. The molecule has 0 atom stereocenters. The smallest absolute Gasteiger partial charge is 0.233 e. The Morgan fingerprint density at radius 2 is 1.75 bits per heavy atom. The molecule has 0 unspecified atom stereocenters. The largest absolute Gasteiger partial charge is 0.354 e. The van der Waals surface area contributed by atoms with Crippen molar-refractivity contribution < 1.29 is 9.59 Å². The maximum absolute atomic E-state index is 11.6. The van der Waals surface area contributed by atoms with Gasteiger partial charge in [-0.15, -0.1) is 0 Å². The first-order valence-corrected chi connectivity index (χ1v) is 5.90. The summed E-state index contributed by atoms with van der Waals surface area (Å²) in [5, 5.41) is 5.63. The molecule has 5 nitrogen and oxygen atoms in total. The number of nitrogens with one attached hydrogen (secondary N) is 2. The Labute approximate surface area is 97.6 Å². The van der Waals surface area contributed by atoms with E-state index in [4.69, 9.17) is 0 Å². The number of rotatable bonds is 8. The highest BCUT2D eigenvalue weighted by molar-refractivity contribution is 5.80. The average Bonchev–Trinajstić information content (AvgIpc) is 2.28. The van der Waals surface area contributed by atoms with Gasteiger partial charge in [0.05, 0.1) is 6.54 Å². The fraction of sp³-hybridized carbons (Fsp3) is 0.818. The van der Waals surface area contributed by atoms with Gasteiger partial charge >= 0.3 is 0 Å². The van der Waals surface area contributed by atoms with E-state index in [1.807, 2.05) is 20.8 Å². The molecule has 94 valence electrons. The number of hydrogen-bond acceptors (Lipinski definition) is 3. The quantitative estimate of drug-likeness (QED) is 0.614. The highest BCUT2D eigenvalue weighted by Crippen LogP contribution is 1.92. The van der Waals surface area contributed by atoms with Crippen LogP contribution in [0.3, 0.4) is 0 Å². The van der Waals surface area contributed by atoms with Gasteiger partial charge in [-0.2, -0.15) is 0 Å². The summed E-state index contributed by atoms with van der Waals surface area (Å²) in [5.41, 5.74) is 0. The molecule has 0 aromatic rings.